The van der Waals surface area contributed by atoms with E-state index in [0.717, 1.165) is 50.2 Å². The molecule has 3 heterocycles. The van der Waals surface area contributed by atoms with Crippen LogP contribution in [0.3, 0.4) is 0 Å². The maximum Gasteiger partial charge on any atom is 0.255 e. The van der Waals surface area contributed by atoms with Crippen molar-refractivity contribution in [2.75, 3.05) is 37.4 Å². The van der Waals surface area contributed by atoms with Crippen molar-refractivity contribution in [3.63, 3.8) is 0 Å². The molecular weight excluding hydrogens is 440 g/mol. The molecule has 2 aromatic rings. The third-order valence-electron chi connectivity index (χ3n) is 6.62. The van der Waals surface area contributed by atoms with Crippen LogP contribution in [0.25, 0.3) is 0 Å². The lowest BCUT2D eigenvalue weighted by Gasteiger charge is -2.35. The second-order valence-electron chi connectivity index (χ2n) is 8.79. The first-order valence-electron chi connectivity index (χ1n) is 11.1. The van der Waals surface area contributed by atoms with Gasteiger partial charge in [-0.05, 0) is 37.7 Å². The van der Waals surface area contributed by atoms with Crippen LogP contribution in [0.2, 0.25) is 0 Å². The highest BCUT2D eigenvalue weighted by molar-refractivity contribution is 7.16. The van der Waals surface area contributed by atoms with Crippen molar-refractivity contribution >= 4 is 33.9 Å². The number of amides is 1. The summed E-state index contributed by atoms with van der Waals surface area (Å²) >= 11 is 1.38. The number of hydrogen-bond donors (Lipinski definition) is 3. The van der Waals surface area contributed by atoms with Crippen LogP contribution in [-0.2, 0) is 11.2 Å². The van der Waals surface area contributed by atoms with Crippen LogP contribution < -0.4 is 26.4 Å². The molecule has 3 aliphatic rings. The fourth-order valence-electron chi connectivity index (χ4n) is 4.72. The largest absolute Gasteiger partial charge is 0.481 e. The molecule has 1 aliphatic heterocycles. The van der Waals surface area contributed by atoms with Gasteiger partial charge in [-0.25, -0.2) is 4.98 Å². The number of amidine groups is 1. The minimum atomic E-state index is -0.538. The maximum atomic E-state index is 13.1. The van der Waals surface area contributed by atoms with Gasteiger partial charge in [0, 0.05) is 36.1 Å². The number of thiophene rings is 1. The van der Waals surface area contributed by atoms with Crippen LogP contribution in [-0.4, -0.2) is 54.0 Å². The number of carbonyl (C=O) groups is 1. The summed E-state index contributed by atoms with van der Waals surface area (Å²) in [5.74, 6) is 0.208. The van der Waals surface area contributed by atoms with Gasteiger partial charge in [0.25, 0.3) is 5.91 Å². The molecule has 11 heteroatoms. The Morgan fingerprint density at radius 3 is 3.00 bits per heavy atom. The Morgan fingerprint density at radius 2 is 2.27 bits per heavy atom. The zero-order valence-corrected chi connectivity index (χ0v) is 19.2. The molecule has 2 aromatic heterocycles. The van der Waals surface area contributed by atoms with E-state index in [1.807, 2.05) is 0 Å². The van der Waals surface area contributed by atoms with Gasteiger partial charge < -0.3 is 26.4 Å². The highest BCUT2D eigenvalue weighted by Crippen LogP contribution is 2.42. The van der Waals surface area contributed by atoms with Crippen LogP contribution in [0, 0.1) is 11.3 Å². The van der Waals surface area contributed by atoms with Crippen LogP contribution in [0.15, 0.2) is 11.1 Å². The molecule has 0 bridgehead atoms. The minimum absolute atomic E-state index is 0.0646. The first-order chi connectivity index (χ1) is 15.9. The third kappa shape index (κ3) is 4.00. The average Bonchev–Trinajstić information content (AvgIpc) is 3.48. The lowest BCUT2D eigenvalue weighted by molar-refractivity contribution is -0.119. The first kappa shape index (κ1) is 21.6. The summed E-state index contributed by atoms with van der Waals surface area (Å²) < 4.78 is 5.37. The van der Waals surface area contributed by atoms with Gasteiger partial charge in [0.2, 0.25) is 11.7 Å². The quantitative estimate of drug-likeness (QED) is 0.446. The standard InChI is InChI=1S/C22H26N8O2S/c1-32-16-9-15(30-8-7-26-22(11-30)5-6-22)27-20(28-16)18(24)29-21(31)12-3-2-4-14-17(12)13(10-23)19(25)33-14/h9,12,26H,2-8,11,25H2,1H3,(H2,24,29,31). The van der Waals surface area contributed by atoms with Crippen LogP contribution >= 0.6 is 11.3 Å². The van der Waals surface area contributed by atoms with Crippen LogP contribution in [0.5, 0.6) is 5.88 Å². The number of methoxy groups -OCH3 is 1. The van der Waals surface area contributed by atoms with Gasteiger partial charge in [0.05, 0.1) is 18.6 Å². The average molecular weight is 467 g/mol. The molecule has 2 aliphatic carbocycles. The van der Waals surface area contributed by atoms with Crippen molar-refractivity contribution in [3.05, 3.63) is 27.9 Å². The van der Waals surface area contributed by atoms with Gasteiger partial charge in [-0.3, -0.25) is 4.79 Å². The van der Waals surface area contributed by atoms with E-state index in [2.05, 4.69) is 31.2 Å². The normalized spacial score (nSPS) is 21.4. The van der Waals surface area contributed by atoms with Crippen molar-refractivity contribution in [2.24, 2.45) is 10.7 Å². The molecule has 1 atom stereocenters. The number of nitrogens with two attached hydrogens (primary N) is 2. The summed E-state index contributed by atoms with van der Waals surface area (Å²) in [4.78, 5) is 29.4. The molecule has 5 rings (SSSR count). The molecule has 1 saturated heterocycles. The third-order valence-corrected chi connectivity index (χ3v) is 7.71. The van der Waals surface area contributed by atoms with Crippen molar-refractivity contribution < 1.29 is 9.53 Å². The van der Waals surface area contributed by atoms with Crippen LogP contribution in [0.1, 0.15) is 53.4 Å². The number of anilines is 2. The van der Waals surface area contributed by atoms with E-state index < -0.39 is 11.8 Å². The summed E-state index contributed by atoms with van der Waals surface area (Å²) in [6, 6.07) is 3.92. The summed E-state index contributed by atoms with van der Waals surface area (Å²) in [6.45, 7) is 2.53. The molecule has 10 nitrogen and oxygen atoms in total. The molecule has 172 valence electrons. The van der Waals surface area contributed by atoms with Crippen molar-refractivity contribution in [1.82, 2.24) is 15.3 Å². The first-order valence-corrected chi connectivity index (χ1v) is 11.9. The Bertz CT molecular complexity index is 1180. The predicted molar refractivity (Wildman–Crippen MR) is 126 cm³/mol. The second kappa shape index (κ2) is 8.28. The van der Waals surface area contributed by atoms with Crippen molar-refractivity contribution in [2.45, 2.75) is 43.6 Å². The molecule has 1 spiro atoms. The van der Waals surface area contributed by atoms with E-state index in [4.69, 9.17) is 16.2 Å². The molecule has 1 unspecified atom stereocenters. The van der Waals surface area contributed by atoms with E-state index in [9.17, 15) is 10.1 Å². The number of hydrogen-bond acceptors (Lipinski definition) is 9. The SMILES string of the molecule is COc1cc(N2CCNC3(CC3)C2)nc(C(N)=NC(=O)C2CCCc3sc(N)c(C#N)c32)n1. The minimum Gasteiger partial charge on any atom is -0.481 e. The Kier molecular flexibility index (Phi) is 5.42. The number of piperazine rings is 1. The molecule has 33 heavy (non-hydrogen) atoms. The van der Waals surface area contributed by atoms with Gasteiger partial charge >= 0.3 is 0 Å². The number of aryl methyl sites for hydroxylation is 1. The summed E-state index contributed by atoms with van der Waals surface area (Å²) in [6.07, 6.45) is 4.54. The lowest BCUT2D eigenvalue weighted by atomic mass is 9.85. The number of aliphatic imine (C=N–C) groups is 1. The van der Waals surface area contributed by atoms with Crippen molar-refractivity contribution in [1.29, 1.82) is 5.26 Å². The highest BCUT2D eigenvalue weighted by atomic mass is 32.1. The Morgan fingerprint density at radius 1 is 1.45 bits per heavy atom. The summed E-state index contributed by atoms with van der Waals surface area (Å²) in [5.41, 5.74) is 13.5. The molecular formula is C22H26N8O2S. The topological polar surface area (TPSA) is 156 Å². The number of carbonyl (C=O) groups excluding carboxylic acids is 1. The fourth-order valence-corrected chi connectivity index (χ4v) is 5.84. The molecule has 1 amide bonds. The predicted octanol–water partition coefficient (Wildman–Crippen LogP) is 1.29. The molecule has 0 aromatic carbocycles. The number of nitrogens with zero attached hydrogens (tertiary/aromatic N) is 5. The second-order valence-corrected chi connectivity index (χ2v) is 9.93. The fraction of sp³-hybridized carbons (Fsp3) is 0.500. The van der Waals surface area contributed by atoms with E-state index in [-0.39, 0.29) is 17.2 Å². The van der Waals surface area contributed by atoms with Crippen molar-refractivity contribution in [3.8, 4) is 11.9 Å². The number of ether oxygens (including phenoxy) is 1. The molecule has 1 saturated carbocycles. The van der Waals surface area contributed by atoms with E-state index in [0.29, 0.717) is 34.2 Å². The monoisotopic (exact) mass is 466 g/mol. The molecule has 5 N–H and O–H groups in total. The van der Waals surface area contributed by atoms with E-state index in [1.165, 1.54) is 18.4 Å². The number of aromatic nitrogens is 2. The zero-order valence-electron chi connectivity index (χ0n) is 18.4. The smallest absolute Gasteiger partial charge is 0.255 e. The van der Waals surface area contributed by atoms with E-state index >= 15 is 0 Å². The maximum absolute atomic E-state index is 13.1. The lowest BCUT2D eigenvalue weighted by Crippen LogP contribution is -2.52. The Balaban J connectivity index is 1.44. The number of nitriles is 1. The summed E-state index contributed by atoms with van der Waals surface area (Å²) in [5, 5.41) is 13.6. The van der Waals surface area contributed by atoms with E-state index in [1.54, 1.807) is 6.07 Å². The number of nitrogen functional groups attached to an aromatic ring is 1. The van der Waals surface area contributed by atoms with Gasteiger partial charge in [-0.1, -0.05) is 0 Å². The number of nitrogens with one attached hydrogen (secondary N) is 1. The zero-order chi connectivity index (χ0) is 23.2. The Labute approximate surface area is 195 Å². The van der Waals surface area contributed by atoms with Gasteiger partial charge in [-0.15, -0.1) is 11.3 Å². The Hall–Kier alpha value is -3.23. The van der Waals surface area contributed by atoms with Gasteiger partial charge in [-0.2, -0.15) is 15.2 Å². The molecule has 0 radical (unpaired) electrons. The number of fused-ring (bicyclic) bond motifs is 1. The summed E-state index contributed by atoms with van der Waals surface area (Å²) in [7, 11) is 1.53. The van der Waals surface area contributed by atoms with Gasteiger partial charge in [0.15, 0.2) is 5.84 Å². The van der Waals surface area contributed by atoms with Crippen LogP contribution in [0.4, 0.5) is 10.8 Å². The molecule has 2 fully saturated rings. The number of rotatable bonds is 4. The highest BCUT2D eigenvalue weighted by Gasteiger charge is 2.46. The van der Waals surface area contributed by atoms with Gasteiger partial charge in [0.1, 0.15) is 16.9 Å².